The number of carbonyl (C=O) groups is 1. The second kappa shape index (κ2) is 6.90. The van der Waals surface area contributed by atoms with E-state index in [-0.39, 0.29) is 5.41 Å². The van der Waals surface area contributed by atoms with Crippen molar-refractivity contribution in [2.45, 2.75) is 58.4 Å². The molecule has 0 bridgehead atoms. The Labute approximate surface area is 123 Å². The third kappa shape index (κ3) is 3.34. The van der Waals surface area contributed by atoms with E-state index in [2.05, 4.69) is 23.6 Å². The highest BCUT2D eigenvalue weighted by Gasteiger charge is 2.40. The molecule has 0 radical (unpaired) electrons. The predicted molar refractivity (Wildman–Crippen MR) is 82.5 cm³/mol. The van der Waals surface area contributed by atoms with Gasteiger partial charge in [0.1, 0.15) is 0 Å². The van der Waals surface area contributed by atoms with Gasteiger partial charge in [-0.25, -0.2) is 0 Å². The number of hydrogen-bond donors (Lipinski definition) is 1. The Morgan fingerprint density at radius 1 is 1.05 bits per heavy atom. The van der Waals surface area contributed by atoms with Crippen molar-refractivity contribution in [2.24, 2.45) is 11.1 Å². The highest BCUT2D eigenvalue weighted by molar-refractivity contribution is 5.83. The largest absolute Gasteiger partial charge is 0.340 e. The van der Waals surface area contributed by atoms with Crippen LogP contribution in [0, 0.1) is 5.41 Å². The van der Waals surface area contributed by atoms with Crippen LogP contribution in [0.5, 0.6) is 0 Å². The summed E-state index contributed by atoms with van der Waals surface area (Å²) in [4.78, 5) is 17.5. The van der Waals surface area contributed by atoms with Gasteiger partial charge in [0.25, 0.3) is 0 Å². The van der Waals surface area contributed by atoms with Crippen LogP contribution in [0.1, 0.15) is 52.4 Å². The fourth-order valence-electron chi connectivity index (χ4n) is 3.69. The summed E-state index contributed by atoms with van der Waals surface area (Å²) in [6.45, 7) is 8.73. The summed E-state index contributed by atoms with van der Waals surface area (Å²) in [6, 6.07) is 0.577. The van der Waals surface area contributed by atoms with E-state index >= 15 is 0 Å². The van der Waals surface area contributed by atoms with Crippen LogP contribution in [-0.4, -0.2) is 54.5 Å². The molecule has 1 aliphatic carbocycles. The molecular formula is C16H31N3O. The van der Waals surface area contributed by atoms with Gasteiger partial charge in [-0.05, 0) is 26.7 Å². The van der Waals surface area contributed by atoms with Crippen LogP contribution in [0.3, 0.4) is 0 Å². The Kier molecular flexibility index (Phi) is 5.44. The van der Waals surface area contributed by atoms with Crippen molar-refractivity contribution in [2.75, 3.05) is 32.7 Å². The van der Waals surface area contributed by atoms with Crippen molar-refractivity contribution in [3.8, 4) is 0 Å². The fraction of sp³-hybridized carbons (Fsp3) is 0.938. The zero-order valence-electron chi connectivity index (χ0n) is 13.2. The summed E-state index contributed by atoms with van der Waals surface area (Å²) in [5.74, 6) is 0.338. The lowest BCUT2D eigenvalue weighted by atomic mass is 9.79. The van der Waals surface area contributed by atoms with Crippen molar-refractivity contribution in [3.05, 3.63) is 0 Å². The van der Waals surface area contributed by atoms with E-state index in [9.17, 15) is 4.79 Å². The second-order valence-electron chi connectivity index (χ2n) is 6.82. The predicted octanol–water partition coefficient (Wildman–Crippen LogP) is 1.84. The Hall–Kier alpha value is -0.610. The van der Waals surface area contributed by atoms with E-state index < -0.39 is 0 Å². The van der Waals surface area contributed by atoms with Crippen LogP contribution in [0.25, 0.3) is 0 Å². The molecule has 0 atom stereocenters. The fourth-order valence-corrected chi connectivity index (χ4v) is 3.69. The van der Waals surface area contributed by atoms with E-state index in [1.807, 2.05) is 0 Å². The molecule has 1 heterocycles. The van der Waals surface area contributed by atoms with Gasteiger partial charge in [-0.1, -0.05) is 25.7 Å². The maximum Gasteiger partial charge on any atom is 0.230 e. The summed E-state index contributed by atoms with van der Waals surface area (Å²) in [5.41, 5.74) is 5.78. The molecule has 4 heteroatoms. The number of amides is 1. The van der Waals surface area contributed by atoms with Crippen molar-refractivity contribution in [1.82, 2.24) is 9.80 Å². The van der Waals surface area contributed by atoms with Gasteiger partial charge in [0.05, 0.1) is 5.41 Å². The Morgan fingerprint density at radius 3 is 2.05 bits per heavy atom. The molecule has 2 fully saturated rings. The summed E-state index contributed by atoms with van der Waals surface area (Å²) in [5, 5.41) is 0. The van der Waals surface area contributed by atoms with Crippen molar-refractivity contribution < 1.29 is 4.79 Å². The minimum absolute atomic E-state index is 0.253. The molecule has 1 aliphatic heterocycles. The Balaban J connectivity index is 1.99. The minimum Gasteiger partial charge on any atom is -0.340 e. The molecule has 1 saturated carbocycles. The van der Waals surface area contributed by atoms with Crippen LogP contribution in [-0.2, 0) is 4.79 Å². The third-order valence-corrected chi connectivity index (χ3v) is 5.24. The quantitative estimate of drug-likeness (QED) is 0.803. The van der Waals surface area contributed by atoms with E-state index in [0.717, 1.165) is 51.9 Å². The minimum atomic E-state index is -0.253. The van der Waals surface area contributed by atoms with Crippen molar-refractivity contribution in [1.29, 1.82) is 0 Å². The van der Waals surface area contributed by atoms with E-state index in [1.165, 1.54) is 12.8 Å². The first kappa shape index (κ1) is 15.8. The number of piperazine rings is 1. The molecule has 1 saturated heterocycles. The molecule has 20 heavy (non-hydrogen) atoms. The molecule has 1 amide bonds. The first-order chi connectivity index (χ1) is 9.59. The first-order valence-electron chi connectivity index (χ1n) is 8.32. The van der Waals surface area contributed by atoms with Gasteiger partial charge in [0.15, 0.2) is 0 Å². The Morgan fingerprint density at radius 2 is 1.60 bits per heavy atom. The van der Waals surface area contributed by atoms with Crippen LogP contribution >= 0.6 is 0 Å². The van der Waals surface area contributed by atoms with Gasteiger partial charge >= 0.3 is 0 Å². The number of nitrogens with two attached hydrogens (primary N) is 1. The van der Waals surface area contributed by atoms with Crippen molar-refractivity contribution in [3.63, 3.8) is 0 Å². The lowest BCUT2D eigenvalue weighted by Crippen LogP contribution is -2.55. The molecule has 2 rings (SSSR count). The molecular weight excluding hydrogens is 250 g/mol. The number of hydrogen-bond acceptors (Lipinski definition) is 3. The molecule has 0 spiro atoms. The second-order valence-corrected chi connectivity index (χ2v) is 6.82. The summed E-state index contributed by atoms with van der Waals surface area (Å²) >= 11 is 0. The monoisotopic (exact) mass is 281 g/mol. The Bertz CT molecular complexity index is 314. The molecule has 2 N–H and O–H groups in total. The molecule has 2 aliphatic rings. The average molecular weight is 281 g/mol. The zero-order valence-corrected chi connectivity index (χ0v) is 13.2. The van der Waals surface area contributed by atoms with Crippen LogP contribution < -0.4 is 5.73 Å². The summed E-state index contributed by atoms with van der Waals surface area (Å²) < 4.78 is 0. The molecule has 0 aromatic heterocycles. The van der Waals surface area contributed by atoms with Crippen LogP contribution in [0.4, 0.5) is 0 Å². The normalized spacial score (nSPS) is 24.7. The number of rotatable bonds is 3. The SMILES string of the molecule is CC(C)N1CCN(C(=O)C2(CN)CCCCCC2)CC1. The van der Waals surface area contributed by atoms with Gasteiger partial charge in [-0.15, -0.1) is 0 Å². The van der Waals surface area contributed by atoms with E-state index in [0.29, 0.717) is 18.5 Å². The van der Waals surface area contributed by atoms with E-state index in [1.54, 1.807) is 0 Å². The number of nitrogens with zero attached hydrogens (tertiary/aromatic N) is 2. The number of carbonyl (C=O) groups excluding carboxylic acids is 1. The van der Waals surface area contributed by atoms with E-state index in [4.69, 9.17) is 5.73 Å². The van der Waals surface area contributed by atoms with Gasteiger partial charge in [0.2, 0.25) is 5.91 Å². The highest BCUT2D eigenvalue weighted by Crippen LogP contribution is 2.36. The first-order valence-corrected chi connectivity index (χ1v) is 8.32. The van der Waals surface area contributed by atoms with Gasteiger partial charge in [0, 0.05) is 38.8 Å². The topological polar surface area (TPSA) is 49.6 Å². The third-order valence-electron chi connectivity index (χ3n) is 5.24. The molecule has 0 unspecified atom stereocenters. The van der Waals surface area contributed by atoms with Gasteiger partial charge in [-0.3, -0.25) is 9.69 Å². The lowest BCUT2D eigenvalue weighted by Gasteiger charge is -2.41. The average Bonchev–Trinajstić information content (AvgIpc) is 2.73. The molecule has 0 aromatic rings. The smallest absolute Gasteiger partial charge is 0.230 e. The lowest BCUT2D eigenvalue weighted by molar-refractivity contribution is -0.144. The standard InChI is InChI=1S/C16H31N3O/c1-14(2)18-9-11-19(12-10-18)15(20)16(13-17)7-5-3-4-6-8-16/h14H,3-13,17H2,1-2H3. The summed E-state index contributed by atoms with van der Waals surface area (Å²) in [7, 11) is 0. The van der Waals surface area contributed by atoms with Crippen LogP contribution in [0.15, 0.2) is 0 Å². The molecule has 116 valence electrons. The van der Waals surface area contributed by atoms with Crippen molar-refractivity contribution >= 4 is 5.91 Å². The highest BCUT2D eigenvalue weighted by atomic mass is 16.2. The van der Waals surface area contributed by atoms with Gasteiger partial charge in [-0.2, -0.15) is 0 Å². The summed E-state index contributed by atoms with van der Waals surface area (Å²) in [6.07, 6.45) is 6.83. The molecule has 4 nitrogen and oxygen atoms in total. The maximum atomic E-state index is 13.0. The zero-order chi connectivity index (χ0) is 14.6. The maximum absolute atomic E-state index is 13.0. The van der Waals surface area contributed by atoms with Crippen LogP contribution in [0.2, 0.25) is 0 Å². The van der Waals surface area contributed by atoms with Gasteiger partial charge < -0.3 is 10.6 Å². The molecule has 0 aromatic carbocycles.